The van der Waals surface area contributed by atoms with Gasteiger partial charge in [-0.15, -0.1) is 0 Å². The monoisotopic (exact) mass is 364 g/mol. The number of benzene rings is 1. The molecule has 1 atom stereocenters. The largest absolute Gasteiger partial charge is 0.472 e. The summed E-state index contributed by atoms with van der Waals surface area (Å²) in [7, 11) is 0. The van der Waals surface area contributed by atoms with Crippen LogP contribution in [0.3, 0.4) is 0 Å². The van der Waals surface area contributed by atoms with Crippen molar-refractivity contribution in [3.05, 3.63) is 54.0 Å². The number of ether oxygens (including phenoxy) is 1. The van der Waals surface area contributed by atoms with Crippen LogP contribution in [0.5, 0.6) is 5.88 Å². The van der Waals surface area contributed by atoms with E-state index in [1.807, 2.05) is 43.3 Å². The van der Waals surface area contributed by atoms with Crippen LogP contribution in [0.2, 0.25) is 0 Å². The van der Waals surface area contributed by atoms with Crippen LogP contribution in [0.15, 0.2) is 42.7 Å². The third-order valence-electron chi connectivity index (χ3n) is 5.00. The van der Waals surface area contributed by atoms with Gasteiger partial charge in [-0.05, 0) is 37.7 Å². The molecule has 3 rings (SSSR count). The van der Waals surface area contributed by atoms with Crippen LogP contribution >= 0.6 is 0 Å². The predicted molar refractivity (Wildman–Crippen MR) is 101 cm³/mol. The van der Waals surface area contributed by atoms with Crippen molar-refractivity contribution in [2.75, 3.05) is 0 Å². The lowest BCUT2D eigenvalue weighted by atomic mass is 9.91. The maximum absolute atomic E-state index is 12.7. The van der Waals surface area contributed by atoms with Crippen molar-refractivity contribution in [3.8, 4) is 11.9 Å². The number of nitrogens with zero attached hydrogens (tertiary/aromatic N) is 3. The Morgan fingerprint density at radius 1 is 1.22 bits per heavy atom. The molecule has 1 fully saturated rings. The van der Waals surface area contributed by atoms with Crippen molar-refractivity contribution in [2.24, 2.45) is 0 Å². The second kappa shape index (κ2) is 9.13. The minimum Gasteiger partial charge on any atom is -0.472 e. The highest BCUT2D eigenvalue weighted by atomic mass is 16.5. The van der Waals surface area contributed by atoms with Crippen LogP contribution in [0, 0.1) is 11.3 Å². The highest BCUT2D eigenvalue weighted by Crippen LogP contribution is 2.25. The maximum atomic E-state index is 12.7. The van der Waals surface area contributed by atoms with Gasteiger partial charge in [0.2, 0.25) is 11.6 Å². The molecule has 27 heavy (non-hydrogen) atoms. The van der Waals surface area contributed by atoms with Gasteiger partial charge in [-0.1, -0.05) is 37.3 Å². The molecule has 1 unspecified atom stereocenters. The average Bonchev–Trinajstić information content (AvgIpc) is 2.71. The topological polar surface area (TPSA) is 87.9 Å². The van der Waals surface area contributed by atoms with E-state index in [0.29, 0.717) is 5.88 Å². The van der Waals surface area contributed by atoms with Gasteiger partial charge in [-0.25, -0.2) is 9.97 Å². The fourth-order valence-electron chi connectivity index (χ4n) is 3.53. The van der Waals surface area contributed by atoms with Crippen LogP contribution in [0.1, 0.15) is 56.2 Å². The Morgan fingerprint density at radius 3 is 2.59 bits per heavy atom. The quantitative estimate of drug-likeness (QED) is 0.849. The van der Waals surface area contributed by atoms with Gasteiger partial charge in [0.1, 0.15) is 12.2 Å². The summed E-state index contributed by atoms with van der Waals surface area (Å²) in [6.07, 6.45) is 7.11. The summed E-state index contributed by atoms with van der Waals surface area (Å²) < 4.78 is 5.86. The average molecular weight is 364 g/mol. The van der Waals surface area contributed by atoms with Gasteiger partial charge in [-0.3, -0.25) is 4.79 Å². The Kier molecular flexibility index (Phi) is 6.37. The Morgan fingerprint density at radius 2 is 1.93 bits per heavy atom. The fraction of sp³-hybridized carbons (Fsp3) is 0.429. The standard InChI is InChI=1S/C21H24N4O2/c1-2-18(15-6-4-3-5-7-15)20(26)25-16-8-10-17(11-9-16)27-21-19(14-22)23-12-13-24-21/h3-7,12-13,16-18H,2,8-11H2,1H3,(H,25,26). The molecule has 0 bridgehead atoms. The normalized spacial score (nSPS) is 20.3. The lowest BCUT2D eigenvalue weighted by molar-refractivity contribution is -0.123. The molecule has 0 aliphatic heterocycles. The Hall–Kier alpha value is -2.94. The van der Waals surface area contributed by atoms with Crippen molar-refractivity contribution >= 4 is 5.91 Å². The molecule has 0 radical (unpaired) electrons. The van der Waals surface area contributed by atoms with Gasteiger partial charge < -0.3 is 10.1 Å². The summed E-state index contributed by atoms with van der Waals surface area (Å²) in [4.78, 5) is 20.8. The summed E-state index contributed by atoms with van der Waals surface area (Å²) in [5.41, 5.74) is 1.27. The zero-order valence-electron chi connectivity index (χ0n) is 15.5. The van der Waals surface area contributed by atoms with Crippen LogP contribution in [-0.4, -0.2) is 28.0 Å². The molecular weight excluding hydrogens is 340 g/mol. The number of carbonyl (C=O) groups is 1. The third kappa shape index (κ3) is 4.82. The summed E-state index contributed by atoms with van der Waals surface area (Å²) in [6, 6.07) is 12.1. The fourth-order valence-corrected chi connectivity index (χ4v) is 3.53. The molecule has 1 amide bonds. The van der Waals surface area contributed by atoms with Gasteiger partial charge in [0.05, 0.1) is 5.92 Å². The second-order valence-corrected chi connectivity index (χ2v) is 6.79. The summed E-state index contributed by atoms with van der Waals surface area (Å²) >= 11 is 0. The predicted octanol–water partition coefficient (Wildman–Crippen LogP) is 3.35. The number of nitriles is 1. The van der Waals surface area contributed by atoms with E-state index in [2.05, 4.69) is 15.3 Å². The molecule has 0 saturated heterocycles. The SMILES string of the molecule is CCC(C(=O)NC1CCC(Oc2nccnc2C#N)CC1)c1ccccc1. The first-order chi connectivity index (χ1) is 13.2. The van der Waals surface area contributed by atoms with Crippen LogP contribution in [0.4, 0.5) is 0 Å². The van der Waals surface area contributed by atoms with Crippen molar-refractivity contribution < 1.29 is 9.53 Å². The Bertz CT molecular complexity index is 795. The highest BCUT2D eigenvalue weighted by Gasteiger charge is 2.27. The van der Waals surface area contributed by atoms with Gasteiger partial charge in [0, 0.05) is 18.4 Å². The third-order valence-corrected chi connectivity index (χ3v) is 5.00. The van der Waals surface area contributed by atoms with Crippen LogP contribution in [0.25, 0.3) is 0 Å². The molecule has 1 aromatic heterocycles. The smallest absolute Gasteiger partial charge is 0.251 e. The van der Waals surface area contributed by atoms with E-state index >= 15 is 0 Å². The molecule has 6 nitrogen and oxygen atoms in total. The molecule has 1 saturated carbocycles. The molecule has 1 N–H and O–H groups in total. The first-order valence-corrected chi connectivity index (χ1v) is 9.44. The van der Waals surface area contributed by atoms with E-state index in [0.717, 1.165) is 37.7 Å². The summed E-state index contributed by atoms with van der Waals surface area (Å²) in [6.45, 7) is 2.04. The second-order valence-electron chi connectivity index (χ2n) is 6.79. The van der Waals surface area contributed by atoms with Gasteiger partial charge >= 0.3 is 0 Å². The minimum absolute atomic E-state index is 0.00181. The molecule has 2 aromatic rings. The van der Waals surface area contributed by atoms with E-state index in [9.17, 15) is 4.79 Å². The number of rotatable bonds is 6. The molecule has 0 spiro atoms. The van der Waals surface area contributed by atoms with Gasteiger partial charge in [-0.2, -0.15) is 5.26 Å². The lowest BCUT2D eigenvalue weighted by Gasteiger charge is -2.30. The molecule has 140 valence electrons. The summed E-state index contributed by atoms with van der Waals surface area (Å²) in [5.74, 6) is 0.273. The lowest BCUT2D eigenvalue weighted by Crippen LogP contribution is -2.41. The Balaban J connectivity index is 1.52. The molecule has 1 aliphatic rings. The first-order valence-electron chi connectivity index (χ1n) is 9.44. The van der Waals surface area contributed by atoms with E-state index in [-0.39, 0.29) is 29.7 Å². The van der Waals surface area contributed by atoms with Crippen molar-refractivity contribution in [2.45, 2.75) is 57.1 Å². The van der Waals surface area contributed by atoms with E-state index in [1.54, 1.807) is 0 Å². The Labute approximate surface area is 159 Å². The molecule has 1 aliphatic carbocycles. The van der Waals surface area contributed by atoms with Crippen molar-refractivity contribution in [1.82, 2.24) is 15.3 Å². The highest BCUT2D eigenvalue weighted by molar-refractivity contribution is 5.83. The van der Waals surface area contributed by atoms with Gasteiger partial charge in [0.25, 0.3) is 5.88 Å². The first kappa shape index (κ1) is 18.8. The molecule has 1 aromatic carbocycles. The number of hydrogen-bond donors (Lipinski definition) is 1. The van der Waals surface area contributed by atoms with Crippen molar-refractivity contribution in [1.29, 1.82) is 5.26 Å². The van der Waals surface area contributed by atoms with Crippen LogP contribution in [-0.2, 0) is 4.79 Å². The minimum atomic E-state index is -0.113. The van der Waals surface area contributed by atoms with Crippen LogP contribution < -0.4 is 10.1 Å². The van der Waals surface area contributed by atoms with E-state index < -0.39 is 0 Å². The van der Waals surface area contributed by atoms with Gasteiger partial charge in [0.15, 0.2) is 0 Å². The number of amides is 1. The number of carbonyl (C=O) groups excluding carboxylic acids is 1. The van der Waals surface area contributed by atoms with E-state index in [1.165, 1.54) is 12.4 Å². The zero-order chi connectivity index (χ0) is 19.1. The zero-order valence-corrected chi connectivity index (χ0v) is 15.5. The number of nitrogens with one attached hydrogen (secondary N) is 1. The van der Waals surface area contributed by atoms with E-state index in [4.69, 9.17) is 10.00 Å². The number of hydrogen-bond acceptors (Lipinski definition) is 5. The van der Waals surface area contributed by atoms with Crippen molar-refractivity contribution in [3.63, 3.8) is 0 Å². The molecule has 6 heteroatoms. The number of aromatic nitrogens is 2. The summed E-state index contributed by atoms with van der Waals surface area (Å²) in [5, 5.41) is 12.3. The maximum Gasteiger partial charge on any atom is 0.251 e. The molecule has 1 heterocycles. The molecular formula is C21H24N4O2.